The standard InChI is InChI=1S/C23H22FN7/c1-2-16-6-5-9-19(28-16)23-22(15-10-11-21-26-14-27-31(21)13-15)29-20(30-23)12-25-18-8-4-3-7-17(18)24/h3-9,13-14,25H,2,10-12H2,1H3,(H,29,30). The fourth-order valence-corrected chi connectivity index (χ4v) is 3.72. The maximum atomic E-state index is 14.0. The molecule has 1 aliphatic rings. The number of halogens is 1. The third-order valence-electron chi connectivity index (χ3n) is 5.35. The van der Waals surface area contributed by atoms with Gasteiger partial charge in [-0.25, -0.2) is 19.0 Å². The molecule has 8 heteroatoms. The molecule has 0 saturated heterocycles. The molecule has 1 aliphatic heterocycles. The Morgan fingerprint density at radius 3 is 2.87 bits per heavy atom. The second kappa shape index (κ2) is 8.14. The number of benzene rings is 1. The molecule has 0 radical (unpaired) electrons. The zero-order chi connectivity index (χ0) is 21.2. The van der Waals surface area contributed by atoms with Gasteiger partial charge in [-0.3, -0.25) is 4.98 Å². The lowest BCUT2D eigenvalue weighted by molar-refractivity contribution is 0.630. The second-order valence-corrected chi connectivity index (χ2v) is 7.38. The molecule has 0 saturated carbocycles. The number of pyridine rings is 1. The number of imidazole rings is 1. The van der Waals surface area contributed by atoms with Crippen LogP contribution in [0, 0.1) is 5.82 Å². The molecular formula is C23H22FN7. The molecule has 0 fully saturated rings. The second-order valence-electron chi connectivity index (χ2n) is 7.38. The number of anilines is 1. The normalized spacial score (nSPS) is 13.0. The molecule has 2 N–H and O–H groups in total. The van der Waals surface area contributed by atoms with E-state index in [9.17, 15) is 4.39 Å². The van der Waals surface area contributed by atoms with Crippen molar-refractivity contribution < 1.29 is 4.39 Å². The number of aryl methyl sites for hydroxylation is 2. The van der Waals surface area contributed by atoms with E-state index in [0.29, 0.717) is 18.1 Å². The third kappa shape index (κ3) is 3.84. The minimum Gasteiger partial charge on any atom is -0.375 e. The summed E-state index contributed by atoms with van der Waals surface area (Å²) in [7, 11) is 0. The number of para-hydroxylation sites is 1. The van der Waals surface area contributed by atoms with Crippen LogP contribution in [0.4, 0.5) is 10.1 Å². The first-order valence-corrected chi connectivity index (χ1v) is 10.3. The summed E-state index contributed by atoms with van der Waals surface area (Å²) < 4.78 is 15.8. The van der Waals surface area contributed by atoms with Gasteiger partial charge in [0.05, 0.1) is 29.3 Å². The molecule has 5 rings (SSSR count). The van der Waals surface area contributed by atoms with Crippen LogP contribution >= 0.6 is 0 Å². The van der Waals surface area contributed by atoms with E-state index in [1.807, 2.05) is 24.4 Å². The minimum absolute atomic E-state index is 0.291. The van der Waals surface area contributed by atoms with E-state index in [1.165, 1.54) is 6.07 Å². The van der Waals surface area contributed by atoms with Crippen molar-refractivity contribution in [2.75, 3.05) is 5.32 Å². The van der Waals surface area contributed by atoms with Crippen molar-refractivity contribution in [1.29, 1.82) is 0 Å². The smallest absolute Gasteiger partial charge is 0.146 e. The molecule has 0 spiro atoms. The van der Waals surface area contributed by atoms with Crippen molar-refractivity contribution in [2.24, 2.45) is 0 Å². The van der Waals surface area contributed by atoms with Crippen LogP contribution < -0.4 is 5.32 Å². The summed E-state index contributed by atoms with van der Waals surface area (Å²) in [6, 6.07) is 12.6. The Morgan fingerprint density at radius 2 is 2.00 bits per heavy atom. The molecule has 3 aromatic heterocycles. The van der Waals surface area contributed by atoms with Gasteiger partial charge in [0.15, 0.2) is 0 Å². The van der Waals surface area contributed by atoms with Crippen molar-refractivity contribution >= 4 is 17.5 Å². The van der Waals surface area contributed by atoms with Gasteiger partial charge < -0.3 is 10.3 Å². The highest BCUT2D eigenvalue weighted by Crippen LogP contribution is 2.31. The van der Waals surface area contributed by atoms with E-state index in [0.717, 1.165) is 53.4 Å². The summed E-state index contributed by atoms with van der Waals surface area (Å²) in [5.74, 6) is 1.36. The first kappa shape index (κ1) is 19.2. The fourth-order valence-electron chi connectivity index (χ4n) is 3.72. The van der Waals surface area contributed by atoms with Gasteiger partial charge in [-0.05, 0) is 42.7 Å². The highest BCUT2D eigenvalue weighted by atomic mass is 19.1. The highest BCUT2D eigenvalue weighted by molar-refractivity contribution is 5.82. The van der Waals surface area contributed by atoms with Gasteiger partial charge in [0.25, 0.3) is 0 Å². The van der Waals surface area contributed by atoms with Crippen molar-refractivity contribution in [2.45, 2.75) is 32.7 Å². The molecule has 0 aliphatic carbocycles. The molecule has 4 heterocycles. The Labute approximate surface area is 179 Å². The summed E-state index contributed by atoms with van der Waals surface area (Å²) in [6.07, 6.45) is 6.00. The zero-order valence-electron chi connectivity index (χ0n) is 17.1. The molecule has 0 atom stereocenters. The first-order valence-electron chi connectivity index (χ1n) is 10.3. The van der Waals surface area contributed by atoms with Gasteiger partial charge in [-0.15, -0.1) is 0 Å². The molecule has 156 valence electrons. The molecule has 0 unspecified atom stereocenters. The number of aromatic nitrogens is 6. The van der Waals surface area contributed by atoms with E-state index >= 15 is 0 Å². The van der Waals surface area contributed by atoms with E-state index in [-0.39, 0.29) is 5.82 Å². The van der Waals surface area contributed by atoms with Crippen LogP contribution in [0.15, 0.2) is 48.8 Å². The molecular weight excluding hydrogens is 393 g/mol. The Morgan fingerprint density at radius 1 is 1.10 bits per heavy atom. The molecule has 0 bridgehead atoms. The van der Waals surface area contributed by atoms with Crippen molar-refractivity contribution in [3.8, 4) is 11.4 Å². The van der Waals surface area contributed by atoms with Gasteiger partial charge in [0, 0.05) is 18.3 Å². The van der Waals surface area contributed by atoms with Crippen molar-refractivity contribution in [3.05, 3.63) is 77.6 Å². The van der Waals surface area contributed by atoms with Crippen LogP contribution in [-0.2, 0) is 19.4 Å². The largest absolute Gasteiger partial charge is 0.375 e. The van der Waals surface area contributed by atoms with E-state index in [4.69, 9.17) is 9.97 Å². The van der Waals surface area contributed by atoms with Gasteiger partial charge in [-0.2, -0.15) is 5.10 Å². The van der Waals surface area contributed by atoms with Crippen LogP contribution in [0.3, 0.4) is 0 Å². The van der Waals surface area contributed by atoms with Crippen molar-refractivity contribution in [1.82, 2.24) is 29.7 Å². The maximum Gasteiger partial charge on any atom is 0.146 e. The summed E-state index contributed by atoms with van der Waals surface area (Å²) >= 11 is 0. The lowest BCUT2D eigenvalue weighted by Crippen LogP contribution is -2.07. The third-order valence-corrected chi connectivity index (χ3v) is 5.35. The van der Waals surface area contributed by atoms with E-state index < -0.39 is 0 Å². The topological polar surface area (TPSA) is 84.3 Å². The van der Waals surface area contributed by atoms with Gasteiger partial charge in [-0.1, -0.05) is 25.1 Å². The number of hydrogen-bond donors (Lipinski definition) is 2. The van der Waals surface area contributed by atoms with E-state index in [1.54, 1.807) is 29.2 Å². The minimum atomic E-state index is -0.291. The number of fused-ring (bicyclic) bond motifs is 1. The number of rotatable bonds is 6. The Balaban J connectivity index is 1.53. The number of nitrogens with one attached hydrogen (secondary N) is 2. The molecule has 0 amide bonds. The molecule has 1 aromatic carbocycles. The predicted molar refractivity (Wildman–Crippen MR) is 117 cm³/mol. The van der Waals surface area contributed by atoms with Gasteiger partial charge in [0.1, 0.15) is 23.8 Å². The molecule has 7 nitrogen and oxygen atoms in total. The number of allylic oxidation sites excluding steroid dienone is 1. The average Bonchev–Trinajstić information content (AvgIpc) is 3.45. The molecule has 4 aromatic rings. The summed E-state index contributed by atoms with van der Waals surface area (Å²) in [4.78, 5) is 17.3. The summed E-state index contributed by atoms with van der Waals surface area (Å²) in [6.45, 7) is 2.45. The number of nitrogens with zero attached hydrogens (tertiary/aromatic N) is 5. The predicted octanol–water partition coefficient (Wildman–Crippen LogP) is 4.32. The monoisotopic (exact) mass is 415 g/mol. The Hall–Kier alpha value is -3.81. The zero-order valence-corrected chi connectivity index (χ0v) is 17.1. The summed E-state index contributed by atoms with van der Waals surface area (Å²) in [5.41, 5.74) is 5.05. The number of H-pyrrole nitrogens is 1. The number of aromatic amines is 1. The lowest BCUT2D eigenvalue weighted by Gasteiger charge is -2.13. The maximum absolute atomic E-state index is 14.0. The van der Waals surface area contributed by atoms with Gasteiger partial charge >= 0.3 is 0 Å². The first-order chi connectivity index (χ1) is 15.2. The lowest BCUT2D eigenvalue weighted by atomic mass is 10.0. The summed E-state index contributed by atoms with van der Waals surface area (Å²) in [5, 5.41) is 7.40. The van der Waals surface area contributed by atoms with Crippen LogP contribution in [-0.4, -0.2) is 29.7 Å². The van der Waals surface area contributed by atoms with Crippen LogP contribution in [0.1, 0.15) is 36.4 Å². The highest BCUT2D eigenvalue weighted by Gasteiger charge is 2.21. The van der Waals surface area contributed by atoms with E-state index in [2.05, 4.69) is 27.3 Å². The Bertz CT molecular complexity index is 1250. The van der Waals surface area contributed by atoms with Crippen LogP contribution in [0.2, 0.25) is 0 Å². The van der Waals surface area contributed by atoms with Gasteiger partial charge in [0.2, 0.25) is 0 Å². The SMILES string of the molecule is CCc1cccc(-c2[nH]c(CNc3ccccc3F)nc2C2=Cn3ncnc3CC2)n1. The number of hydrogen-bond acceptors (Lipinski definition) is 5. The van der Waals surface area contributed by atoms with Crippen LogP contribution in [0.25, 0.3) is 23.2 Å². The fraction of sp³-hybridized carbons (Fsp3) is 0.217. The van der Waals surface area contributed by atoms with Crippen LogP contribution in [0.5, 0.6) is 0 Å². The molecule has 31 heavy (non-hydrogen) atoms. The Kier molecular flexibility index (Phi) is 5.03. The van der Waals surface area contributed by atoms with Crippen molar-refractivity contribution in [3.63, 3.8) is 0 Å². The quantitative estimate of drug-likeness (QED) is 0.490. The average molecular weight is 415 g/mol.